The van der Waals surface area contributed by atoms with Gasteiger partial charge >= 0.3 is 0 Å². The average Bonchev–Trinajstić information content (AvgIpc) is 2.67. The van der Waals surface area contributed by atoms with Crippen molar-refractivity contribution < 1.29 is 13.2 Å². The fourth-order valence-electron chi connectivity index (χ4n) is 2.76. The quantitative estimate of drug-likeness (QED) is 0.827. The van der Waals surface area contributed by atoms with Crippen LogP contribution in [0, 0.1) is 0 Å². The first-order valence-electron chi connectivity index (χ1n) is 8.67. The third-order valence-electron chi connectivity index (χ3n) is 4.16. The Kier molecular flexibility index (Phi) is 5.86. The molecule has 2 aromatic carbocycles. The lowest BCUT2D eigenvalue weighted by atomic mass is 10.1. The van der Waals surface area contributed by atoms with Crippen LogP contribution >= 0.6 is 11.8 Å². The maximum atomic E-state index is 12.4. The zero-order valence-corrected chi connectivity index (χ0v) is 16.8. The predicted octanol–water partition coefficient (Wildman–Crippen LogP) is 3.51. The number of hydrogen-bond donors (Lipinski definition) is 1. The second-order valence-corrected chi connectivity index (χ2v) is 8.46. The molecule has 27 heavy (non-hydrogen) atoms. The maximum Gasteiger partial charge on any atom is 0.286 e. The number of carbonyl (C=O) groups is 1. The van der Waals surface area contributed by atoms with Gasteiger partial charge in [-0.25, -0.2) is 0 Å². The maximum absolute atomic E-state index is 12.4. The third kappa shape index (κ3) is 4.33. The number of benzene rings is 2. The minimum absolute atomic E-state index is 0.0720. The van der Waals surface area contributed by atoms with Crippen LogP contribution in [0.15, 0.2) is 57.8 Å². The van der Waals surface area contributed by atoms with Crippen molar-refractivity contribution in [2.75, 3.05) is 22.5 Å². The van der Waals surface area contributed by atoms with Crippen molar-refractivity contribution >= 4 is 44.2 Å². The van der Waals surface area contributed by atoms with Crippen molar-refractivity contribution in [2.24, 2.45) is 4.40 Å². The number of carbonyl (C=O) groups excluding carboxylic acids is 1. The van der Waals surface area contributed by atoms with Crippen molar-refractivity contribution in [1.29, 1.82) is 0 Å². The van der Waals surface area contributed by atoms with Crippen LogP contribution in [0.3, 0.4) is 0 Å². The van der Waals surface area contributed by atoms with E-state index >= 15 is 0 Å². The SMILES string of the molecule is CCc1ccc(NC(=O)CSC2=NS(=O)(=O)c3ccccc3N2CC)cc1. The number of thioether (sulfide) groups is 1. The van der Waals surface area contributed by atoms with Crippen molar-refractivity contribution in [3.8, 4) is 0 Å². The molecule has 1 amide bonds. The van der Waals surface area contributed by atoms with Crippen molar-refractivity contribution in [3.05, 3.63) is 54.1 Å². The molecule has 1 aliphatic heterocycles. The van der Waals surface area contributed by atoms with Gasteiger partial charge in [-0.05, 0) is 43.2 Å². The average molecular weight is 404 g/mol. The molecule has 0 aromatic heterocycles. The van der Waals surface area contributed by atoms with E-state index in [0.29, 0.717) is 23.1 Å². The second kappa shape index (κ2) is 8.14. The zero-order chi connectivity index (χ0) is 19.4. The van der Waals surface area contributed by atoms with E-state index < -0.39 is 10.0 Å². The van der Waals surface area contributed by atoms with Crippen LogP contribution in [0.1, 0.15) is 19.4 Å². The van der Waals surface area contributed by atoms with E-state index in [9.17, 15) is 13.2 Å². The highest BCUT2D eigenvalue weighted by Gasteiger charge is 2.30. The molecule has 0 spiro atoms. The Morgan fingerprint density at radius 3 is 2.48 bits per heavy atom. The van der Waals surface area contributed by atoms with Crippen LogP contribution in [-0.4, -0.2) is 31.8 Å². The number of fused-ring (bicyclic) bond motifs is 1. The summed E-state index contributed by atoms with van der Waals surface area (Å²) in [4.78, 5) is 14.3. The molecular weight excluding hydrogens is 382 g/mol. The van der Waals surface area contributed by atoms with Crippen LogP contribution in [0.2, 0.25) is 0 Å². The van der Waals surface area contributed by atoms with Crippen LogP contribution < -0.4 is 10.2 Å². The Hall–Kier alpha value is -2.32. The second-order valence-electron chi connectivity index (χ2n) is 5.95. The molecule has 1 heterocycles. The summed E-state index contributed by atoms with van der Waals surface area (Å²) < 4.78 is 28.7. The Labute approximate surface area is 163 Å². The first-order chi connectivity index (χ1) is 12.9. The lowest BCUT2D eigenvalue weighted by molar-refractivity contribution is -0.113. The topological polar surface area (TPSA) is 78.8 Å². The Morgan fingerprint density at radius 2 is 1.81 bits per heavy atom. The summed E-state index contributed by atoms with van der Waals surface area (Å²) in [6, 6.07) is 14.4. The van der Waals surface area contributed by atoms with E-state index in [-0.39, 0.29) is 16.6 Å². The van der Waals surface area contributed by atoms with Crippen LogP contribution in [0.4, 0.5) is 11.4 Å². The number of para-hydroxylation sites is 1. The monoisotopic (exact) mass is 403 g/mol. The summed E-state index contributed by atoms with van der Waals surface area (Å²) >= 11 is 1.12. The van der Waals surface area contributed by atoms with Gasteiger partial charge in [-0.2, -0.15) is 8.42 Å². The number of amides is 1. The molecule has 2 aromatic rings. The molecule has 8 heteroatoms. The number of aryl methyl sites for hydroxylation is 1. The molecule has 1 aliphatic rings. The molecule has 0 saturated carbocycles. The molecule has 0 saturated heterocycles. The minimum atomic E-state index is -3.75. The molecule has 3 rings (SSSR count). The Balaban J connectivity index is 1.71. The molecule has 142 valence electrons. The summed E-state index contributed by atoms with van der Waals surface area (Å²) in [5.41, 5.74) is 2.50. The number of nitrogens with zero attached hydrogens (tertiary/aromatic N) is 2. The molecule has 0 aliphatic carbocycles. The zero-order valence-electron chi connectivity index (χ0n) is 15.2. The summed E-state index contributed by atoms with van der Waals surface area (Å²) in [6.07, 6.45) is 0.937. The molecule has 6 nitrogen and oxygen atoms in total. The van der Waals surface area contributed by atoms with Gasteiger partial charge in [-0.15, -0.1) is 4.40 Å². The van der Waals surface area contributed by atoms with Gasteiger partial charge in [-0.3, -0.25) is 4.79 Å². The molecule has 0 atom stereocenters. The Bertz CT molecular complexity index is 970. The van der Waals surface area contributed by atoms with Gasteiger partial charge in [-0.1, -0.05) is 43.0 Å². The van der Waals surface area contributed by atoms with Crippen molar-refractivity contribution in [2.45, 2.75) is 25.2 Å². The van der Waals surface area contributed by atoms with E-state index in [0.717, 1.165) is 18.2 Å². The van der Waals surface area contributed by atoms with E-state index in [1.165, 1.54) is 5.56 Å². The standard InChI is InChI=1S/C19H21N3O3S2/c1-3-14-9-11-15(12-10-14)20-18(23)13-26-19-21-27(24,25)17-8-6-5-7-16(17)22(19)4-2/h5-12H,3-4,13H2,1-2H3,(H,20,23). The minimum Gasteiger partial charge on any atom is -0.325 e. The van der Waals surface area contributed by atoms with Crippen LogP contribution in [0.25, 0.3) is 0 Å². The highest BCUT2D eigenvalue weighted by molar-refractivity contribution is 8.15. The summed E-state index contributed by atoms with van der Waals surface area (Å²) in [5, 5.41) is 3.14. The molecular formula is C19H21N3O3S2. The molecule has 0 bridgehead atoms. The normalized spacial score (nSPS) is 15.0. The highest BCUT2D eigenvalue weighted by Crippen LogP contribution is 2.33. The number of anilines is 2. The Morgan fingerprint density at radius 1 is 1.11 bits per heavy atom. The summed E-state index contributed by atoms with van der Waals surface area (Å²) in [7, 11) is -3.75. The first kappa shape index (κ1) is 19.4. The smallest absolute Gasteiger partial charge is 0.286 e. The van der Waals surface area contributed by atoms with E-state index in [1.807, 2.05) is 36.1 Å². The molecule has 1 N–H and O–H groups in total. The number of sulfonamides is 1. The molecule has 0 fully saturated rings. The van der Waals surface area contributed by atoms with Gasteiger partial charge < -0.3 is 10.2 Å². The third-order valence-corrected chi connectivity index (χ3v) is 6.56. The van der Waals surface area contributed by atoms with Crippen molar-refractivity contribution in [3.63, 3.8) is 0 Å². The molecule has 0 radical (unpaired) electrons. The van der Waals surface area contributed by atoms with E-state index in [4.69, 9.17) is 0 Å². The number of amidine groups is 1. The van der Waals surface area contributed by atoms with Gasteiger partial charge in [0.15, 0.2) is 5.17 Å². The van der Waals surface area contributed by atoms with Gasteiger partial charge in [0.05, 0.1) is 11.4 Å². The van der Waals surface area contributed by atoms with Crippen molar-refractivity contribution in [1.82, 2.24) is 0 Å². The van der Waals surface area contributed by atoms with Gasteiger partial charge in [0.25, 0.3) is 10.0 Å². The predicted molar refractivity (Wildman–Crippen MR) is 111 cm³/mol. The van der Waals surface area contributed by atoms with E-state index in [2.05, 4.69) is 16.6 Å². The fourth-order valence-corrected chi connectivity index (χ4v) is 5.08. The van der Waals surface area contributed by atoms with E-state index in [1.54, 1.807) is 24.3 Å². The number of rotatable bonds is 5. The number of hydrogen-bond acceptors (Lipinski definition) is 5. The summed E-state index contributed by atoms with van der Waals surface area (Å²) in [6.45, 7) is 4.54. The van der Waals surface area contributed by atoms with Gasteiger partial charge in [0.2, 0.25) is 5.91 Å². The largest absolute Gasteiger partial charge is 0.325 e. The fraction of sp³-hybridized carbons (Fsp3) is 0.263. The lowest BCUT2D eigenvalue weighted by Crippen LogP contribution is -2.34. The molecule has 0 unspecified atom stereocenters. The summed E-state index contributed by atoms with van der Waals surface area (Å²) in [5.74, 6) is -0.137. The van der Waals surface area contributed by atoms with Gasteiger partial charge in [0, 0.05) is 12.2 Å². The number of nitrogens with one attached hydrogen (secondary N) is 1. The lowest BCUT2D eigenvalue weighted by Gasteiger charge is -2.29. The van der Waals surface area contributed by atoms with Crippen LogP contribution in [-0.2, 0) is 21.2 Å². The highest BCUT2D eigenvalue weighted by atomic mass is 32.2. The van der Waals surface area contributed by atoms with Crippen LogP contribution in [0.5, 0.6) is 0 Å². The van der Waals surface area contributed by atoms with Gasteiger partial charge in [0.1, 0.15) is 4.90 Å². The first-order valence-corrected chi connectivity index (χ1v) is 11.1.